The molecule has 1 unspecified atom stereocenters. The molecule has 2 aromatic rings. The van der Waals surface area contributed by atoms with E-state index in [1.807, 2.05) is 45.0 Å². The van der Waals surface area contributed by atoms with E-state index in [2.05, 4.69) is 15.5 Å². The van der Waals surface area contributed by atoms with Crippen LogP contribution >= 0.6 is 0 Å². The highest BCUT2D eigenvalue weighted by molar-refractivity contribution is 5.72. The summed E-state index contributed by atoms with van der Waals surface area (Å²) in [5.74, 6) is -0.0266. The molecule has 0 fully saturated rings. The molecule has 0 saturated carbocycles. The maximum absolute atomic E-state index is 11.3. The topological polar surface area (TPSA) is 90.1 Å². The Labute approximate surface area is 122 Å². The van der Waals surface area contributed by atoms with E-state index in [9.17, 15) is 9.90 Å². The molecule has 21 heavy (non-hydrogen) atoms. The lowest BCUT2D eigenvalue weighted by molar-refractivity contribution is -0.142. The number of carbonyl (C=O) groups is 1. The smallest absolute Gasteiger partial charge is 0.328 e. The van der Waals surface area contributed by atoms with Crippen molar-refractivity contribution in [2.45, 2.75) is 33.4 Å². The molecule has 0 aliphatic carbocycles. The first-order valence-electron chi connectivity index (χ1n) is 6.68. The lowest BCUT2D eigenvalue weighted by Crippen LogP contribution is -2.27. The van der Waals surface area contributed by atoms with Crippen LogP contribution in [0.5, 0.6) is 5.75 Å². The van der Waals surface area contributed by atoms with Gasteiger partial charge in [-0.15, -0.1) is 5.10 Å². The van der Waals surface area contributed by atoms with Crippen LogP contribution in [-0.4, -0.2) is 31.3 Å². The van der Waals surface area contributed by atoms with Gasteiger partial charge in [0.15, 0.2) is 11.9 Å². The SMILES string of the molecule is Cc1ccc(OCc2nnnn2C(C(=O)O)C(C)C)cc1. The van der Waals surface area contributed by atoms with Crippen molar-refractivity contribution in [3.8, 4) is 5.75 Å². The van der Waals surface area contributed by atoms with Gasteiger partial charge in [0.2, 0.25) is 0 Å². The number of aromatic nitrogens is 4. The second kappa shape index (κ2) is 6.34. The Bertz CT molecular complexity index is 607. The zero-order chi connectivity index (χ0) is 15.4. The van der Waals surface area contributed by atoms with Crippen molar-refractivity contribution in [1.29, 1.82) is 0 Å². The quantitative estimate of drug-likeness (QED) is 0.873. The molecule has 1 N–H and O–H groups in total. The predicted molar refractivity (Wildman–Crippen MR) is 74.8 cm³/mol. The molecule has 1 heterocycles. The monoisotopic (exact) mass is 290 g/mol. The minimum atomic E-state index is -0.964. The van der Waals surface area contributed by atoms with Crippen LogP contribution in [0.1, 0.15) is 31.3 Å². The fraction of sp³-hybridized carbons (Fsp3) is 0.429. The van der Waals surface area contributed by atoms with Gasteiger partial charge in [0.05, 0.1) is 0 Å². The van der Waals surface area contributed by atoms with Gasteiger partial charge in [-0.1, -0.05) is 31.5 Å². The molecule has 0 spiro atoms. The number of carboxylic acids is 1. The van der Waals surface area contributed by atoms with E-state index in [1.165, 1.54) is 4.68 Å². The summed E-state index contributed by atoms with van der Waals surface area (Å²) in [6.45, 7) is 5.73. The van der Waals surface area contributed by atoms with E-state index in [-0.39, 0.29) is 12.5 Å². The molecule has 7 nitrogen and oxygen atoms in total. The van der Waals surface area contributed by atoms with E-state index in [4.69, 9.17) is 4.74 Å². The number of carboxylic acid groups (broad SMARTS) is 1. The highest BCUT2D eigenvalue weighted by atomic mass is 16.5. The Hall–Kier alpha value is -2.44. The van der Waals surface area contributed by atoms with Gasteiger partial charge in [0.25, 0.3) is 0 Å². The minimum absolute atomic E-state index is 0.118. The number of aliphatic carboxylic acids is 1. The Morgan fingerprint density at radius 3 is 2.57 bits per heavy atom. The number of hydrogen-bond acceptors (Lipinski definition) is 5. The van der Waals surface area contributed by atoms with Gasteiger partial charge in [-0.25, -0.2) is 9.48 Å². The number of tetrazole rings is 1. The number of aryl methyl sites for hydroxylation is 1. The first kappa shape index (κ1) is 15.0. The zero-order valence-corrected chi connectivity index (χ0v) is 12.2. The molecule has 0 saturated heterocycles. The number of rotatable bonds is 6. The van der Waals surface area contributed by atoms with Crippen molar-refractivity contribution < 1.29 is 14.6 Å². The minimum Gasteiger partial charge on any atom is -0.486 e. The van der Waals surface area contributed by atoms with Crippen molar-refractivity contribution >= 4 is 5.97 Å². The van der Waals surface area contributed by atoms with Crippen LogP contribution in [0.3, 0.4) is 0 Å². The number of hydrogen-bond donors (Lipinski definition) is 1. The second-order valence-electron chi connectivity index (χ2n) is 5.17. The van der Waals surface area contributed by atoms with Gasteiger partial charge in [0.1, 0.15) is 12.4 Å². The Kier molecular flexibility index (Phi) is 4.52. The van der Waals surface area contributed by atoms with E-state index in [0.29, 0.717) is 11.6 Å². The Balaban J connectivity index is 2.13. The maximum Gasteiger partial charge on any atom is 0.328 e. The fourth-order valence-electron chi connectivity index (χ4n) is 1.98. The molecular formula is C14H18N4O3. The standard InChI is InChI=1S/C14H18N4O3/c1-9(2)13(14(19)20)18-12(15-16-17-18)8-21-11-6-4-10(3)5-7-11/h4-7,9,13H,8H2,1-3H3,(H,19,20). The van der Waals surface area contributed by atoms with Crippen molar-refractivity contribution in [2.75, 3.05) is 0 Å². The molecule has 0 bridgehead atoms. The second-order valence-corrected chi connectivity index (χ2v) is 5.17. The van der Waals surface area contributed by atoms with Crippen LogP contribution in [0.25, 0.3) is 0 Å². The summed E-state index contributed by atoms with van der Waals surface area (Å²) in [4.78, 5) is 11.3. The third-order valence-electron chi connectivity index (χ3n) is 3.10. The van der Waals surface area contributed by atoms with Crippen LogP contribution in [0.4, 0.5) is 0 Å². The van der Waals surface area contributed by atoms with Crippen molar-refractivity contribution in [2.24, 2.45) is 5.92 Å². The fourth-order valence-corrected chi connectivity index (χ4v) is 1.98. The molecular weight excluding hydrogens is 272 g/mol. The third-order valence-corrected chi connectivity index (χ3v) is 3.10. The van der Waals surface area contributed by atoms with Gasteiger partial charge < -0.3 is 9.84 Å². The summed E-state index contributed by atoms with van der Waals surface area (Å²) >= 11 is 0. The van der Waals surface area contributed by atoms with E-state index in [0.717, 1.165) is 5.56 Å². The van der Waals surface area contributed by atoms with Gasteiger partial charge in [-0.2, -0.15) is 0 Å². The van der Waals surface area contributed by atoms with Crippen molar-refractivity contribution in [1.82, 2.24) is 20.2 Å². The molecule has 112 valence electrons. The summed E-state index contributed by atoms with van der Waals surface area (Å²) < 4.78 is 6.91. The summed E-state index contributed by atoms with van der Waals surface area (Å²) in [6, 6.07) is 6.76. The number of benzene rings is 1. The van der Waals surface area contributed by atoms with Crippen molar-refractivity contribution in [3.05, 3.63) is 35.7 Å². The lowest BCUT2D eigenvalue weighted by Gasteiger charge is -2.17. The molecule has 1 aromatic carbocycles. The van der Waals surface area contributed by atoms with Gasteiger partial charge in [0, 0.05) is 0 Å². The Morgan fingerprint density at radius 1 is 1.33 bits per heavy atom. The average molecular weight is 290 g/mol. The first-order valence-corrected chi connectivity index (χ1v) is 6.68. The number of nitrogens with zero attached hydrogens (tertiary/aromatic N) is 4. The molecule has 0 aliphatic heterocycles. The average Bonchev–Trinajstić information content (AvgIpc) is 2.85. The predicted octanol–water partition coefficient (Wildman–Crippen LogP) is 1.84. The maximum atomic E-state index is 11.3. The van der Waals surface area contributed by atoms with Crippen LogP contribution in [0.15, 0.2) is 24.3 Å². The van der Waals surface area contributed by atoms with Crippen LogP contribution in [0, 0.1) is 12.8 Å². The summed E-state index contributed by atoms with van der Waals surface area (Å²) in [6.07, 6.45) is 0. The van der Waals surface area contributed by atoms with E-state index >= 15 is 0 Å². The third kappa shape index (κ3) is 3.56. The summed E-state index contributed by atoms with van der Waals surface area (Å²) in [5.41, 5.74) is 1.14. The van der Waals surface area contributed by atoms with Crippen LogP contribution < -0.4 is 4.74 Å². The van der Waals surface area contributed by atoms with Crippen LogP contribution in [0.2, 0.25) is 0 Å². The van der Waals surface area contributed by atoms with Gasteiger partial charge in [-0.05, 0) is 35.4 Å². The van der Waals surface area contributed by atoms with Crippen molar-refractivity contribution in [3.63, 3.8) is 0 Å². The molecule has 2 rings (SSSR count). The zero-order valence-electron chi connectivity index (χ0n) is 12.2. The van der Waals surface area contributed by atoms with Gasteiger partial charge in [-0.3, -0.25) is 0 Å². The van der Waals surface area contributed by atoms with Gasteiger partial charge >= 0.3 is 5.97 Å². The highest BCUT2D eigenvalue weighted by Crippen LogP contribution is 2.19. The molecule has 0 aliphatic rings. The molecule has 0 radical (unpaired) electrons. The lowest BCUT2D eigenvalue weighted by atomic mass is 10.1. The molecule has 1 atom stereocenters. The number of ether oxygens (including phenoxy) is 1. The largest absolute Gasteiger partial charge is 0.486 e. The Morgan fingerprint density at radius 2 is 2.00 bits per heavy atom. The first-order chi connectivity index (χ1) is 9.99. The van der Waals surface area contributed by atoms with Crippen LogP contribution in [-0.2, 0) is 11.4 Å². The molecule has 7 heteroatoms. The summed E-state index contributed by atoms with van der Waals surface area (Å²) in [5, 5.41) is 20.5. The highest BCUT2D eigenvalue weighted by Gasteiger charge is 2.27. The summed E-state index contributed by atoms with van der Waals surface area (Å²) in [7, 11) is 0. The van der Waals surface area contributed by atoms with E-state index in [1.54, 1.807) is 0 Å². The molecule has 1 aromatic heterocycles. The van der Waals surface area contributed by atoms with E-state index < -0.39 is 12.0 Å². The molecule has 0 amide bonds. The normalized spacial score (nSPS) is 12.4.